The van der Waals surface area contributed by atoms with Crippen molar-refractivity contribution in [2.24, 2.45) is 0 Å². The minimum absolute atomic E-state index is 0.160. The molecule has 0 spiro atoms. The second-order valence-electron chi connectivity index (χ2n) is 5.35. The van der Waals surface area contributed by atoms with Crippen LogP contribution in [0.2, 0.25) is 5.02 Å². The third-order valence-corrected chi connectivity index (χ3v) is 4.29. The lowest BCUT2D eigenvalue weighted by atomic mass is 10.1. The van der Waals surface area contributed by atoms with Crippen LogP contribution in [0.4, 0.5) is 0 Å². The number of benzene rings is 1. The number of hydrogen-bond donors (Lipinski definition) is 1. The molecule has 7 nitrogen and oxygen atoms in total. The fourth-order valence-corrected chi connectivity index (χ4v) is 2.61. The first kappa shape index (κ1) is 16.2. The third-order valence-electron chi connectivity index (χ3n) is 3.75. The van der Waals surface area contributed by atoms with Crippen LogP contribution in [-0.4, -0.2) is 37.0 Å². The van der Waals surface area contributed by atoms with Gasteiger partial charge in [-0.3, -0.25) is 14.0 Å². The number of halogens is 1. The Morgan fingerprint density at radius 1 is 1.21 bits per heavy atom. The molecular formula is C16H17ClN6O. The Morgan fingerprint density at radius 3 is 2.58 bits per heavy atom. The molecular weight excluding hydrogens is 328 g/mol. The molecule has 0 saturated carbocycles. The molecule has 1 N–H and O–H groups in total. The van der Waals surface area contributed by atoms with Crippen LogP contribution in [0.1, 0.15) is 21.7 Å². The van der Waals surface area contributed by atoms with E-state index in [1.807, 2.05) is 32.0 Å². The molecule has 2 heterocycles. The van der Waals surface area contributed by atoms with Crippen LogP contribution in [-0.2, 0) is 6.54 Å². The Hall–Kier alpha value is -2.67. The van der Waals surface area contributed by atoms with Gasteiger partial charge in [0.2, 0.25) is 0 Å². The van der Waals surface area contributed by atoms with Crippen LogP contribution in [0.25, 0.3) is 5.69 Å². The zero-order valence-corrected chi connectivity index (χ0v) is 14.2. The predicted molar refractivity (Wildman–Crippen MR) is 90.4 cm³/mol. The average molecular weight is 345 g/mol. The molecule has 0 unspecified atom stereocenters. The zero-order valence-electron chi connectivity index (χ0n) is 13.4. The predicted octanol–water partition coefficient (Wildman–Crippen LogP) is 2.16. The molecule has 3 rings (SSSR count). The Kier molecular flexibility index (Phi) is 4.61. The van der Waals surface area contributed by atoms with Crippen molar-refractivity contribution in [3.63, 3.8) is 0 Å². The molecule has 0 bridgehead atoms. The number of rotatable bonds is 5. The van der Waals surface area contributed by atoms with Gasteiger partial charge >= 0.3 is 0 Å². The molecule has 3 aromatic rings. The van der Waals surface area contributed by atoms with Crippen LogP contribution >= 0.6 is 11.6 Å². The highest BCUT2D eigenvalue weighted by Crippen LogP contribution is 2.18. The maximum Gasteiger partial charge on any atom is 0.253 e. The monoisotopic (exact) mass is 344 g/mol. The summed E-state index contributed by atoms with van der Waals surface area (Å²) in [4.78, 5) is 12.5. The molecule has 0 aliphatic rings. The summed E-state index contributed by atoms with van der Waals surface area (Å²) in [6.07, 6.45) is 3.12. The van der Waals surface area contributed by atoms with Gasteiger partial charge in [-0.2, -0.15) is 5.10 Å². The zero-order chi connectivity index (χ0) is 17.1. The average Bonchev–Trinajstić information content (AvgIpc) is 3.20. The summed E-state index contributed by atoms with van der Waals surface area (Å²) in [6, 6.07) is 7.30. The van der Waals surface area contributed by atoms with Gasteiger partial charge in [-0.25, -0.2) is 0 Å². The number of aryl methyl sites for hydroxylation is 1. The molecule has 0 aliphatic heterocycles. The van der Waals surface area contributed by atoms with Crippen molar-refractivity contribution >= 4 is 17.5 Å². The lowest BCUT2D eigenvalue weighted by Gasteiger charge is -2.10. The Bertz CT molecular complexity index is 856. The first-order chi connectivity index (χ1) is 11.6. The van der Waals surface area contributed by atoms with Crippen molar-refractivity contribution in [2.75, 3.05) is 6.54 Å². The van der Waals surface area contributed by atoms with E-state index in [1.165, 1.54) is 0 Å². The van der Waals surface area contributed by atoms with Crippen LogP contribution < -0.4 is 5.32 Å². The van der Waals surface area contributed by atoms with E-state index in [0.717, 1.165) is 17.1 Å². The third kappa shape index (κ3) is 3.16. The summed E-state index contributed by atoms with van der Waals surface area (Å²) >= 11 is 6.13. The van der Waals surface area contributed by atoms with Crippen LogP contribution in [0.3, 0.4) is 0 Å². The van der Waals surface area contributed by atoms with E-state index in [1.54, 1.807) is 28.0 Å². The Labute approximate surface area is 144 Å². The summed E-state index contributed by atoms with van der Waals surface area (Å²) in [6.45, 7) is 4.78. The first-order valence-electron chi connectivity index (χ1n) is 7.49. The van der Waals surface area contributed by atoms with Crippen molar-refractivity contribution in [3.8, 4) is 5.69 Å². The summed E-state index contributed by atoms with van der Waals surface area (Å²) in [5.74, 6) is -0.160. The number of carbonyl (C=O) groups excluding carboxylic acids is 1. The topological polar surface area (TPSA) is 77.6 Å². The van der Waals surface area contributed by atoms with E-state index in [9.17, 15) is 4.79 Å². The summed E-state index contributed by atoms with van der Waals surface area (Å²) < 4.78 is 3.50. The standard InChI is InChI=1S/C16H17ClN6O/c1-11-15(17)12(2)23(21-11)8-7-18-16(24)13-5-3-4-6-14(13)22-9-19-20-10-22/h3-6,9-10H,7-8H2,1-2H3,(H,18,24). The maximum absolute atomic E-state index is 12.5. The van der Waals surface area contributed by atoms with E-state index in [4.69, 9.17) is 11.6 Å². The lowest BCUT2D eigenvalue weighted by molar-refractivity contribution is 0.0952. The number of hydrogen-bond acceptors (Lipinski definition) is 4. The van der Waals surface area contributed by atoms with Gasteiger partial charge in [0, 0.05) is 6.54 Å². The van der Waals surface area contributed by atoms with Crippen LogP contribution in [0.15, 0.2) is 36.9 Å². The molecule has 0 fully saturated rings. The molecule has 0 radical (unpaired) electrons. The lowest BCUT2D eigenvalue weighted by Crippen LogP contribution is -2.28. The van der Waals surface area contributed by atoms with E-state index in [-0.39, 0.29) is 5.91 Å². The van der Waals surface area contributed by atoms with Gasteiger partial charge in [0.25, 0.3) is 5.91 Å². The van der Waals surface area contributed by atoms with Gasteiger partial charge in [0.05, 0.1) is 34.2 Å². The summed E-state index contributed by atoms with van der Waals surface area (Å²) in [7, 11) is 0. The maximum atomic E-state index is 12.5. The molecule has 2 aromatic heterocycles. The highest BCUT2D eigenvalue weighted by molar-refractivity contribution is 6.31. The van der Waals surface area contributed by atoms with Crippen molar-refractivity contribution in [3.05, 3.63) is 58.9 Å². The molecule has 1 amide bonds. The number of amides is 1. The largest absolute Gasteiger partial charge is 0.350 e. The molecule has 0 aliphatic carbocycles. The number of nitrogens with zero attached hydrogens (tertiary/aromatic N) is 5. The summed E-state index contributed by atoms with van der Waals surface area (Å²) in [5.41, 5.74) is 2.98. The van der Waals surface area contributed by atoms with Crippen molar-refractivity contribution in [1.29, 1.82) is 0 Å². The fraction of sp³-hybridized carbons (Fsp3) is 0.250. The van der Waals surface area contributed by atoms with Gasteiger partial charge in [0.1, 0.15) is 12.7 Å². The highest BCUT2D eigenvalue weighted by atomic mass is 35.5. The van der Waals surface area contributed by atoms with E-state index < -0.39 is 0 Å². The molecule has 0 saturated heterocycles. The van der Waals surface area contributed by atoms with Gasteiger partial charge in [0.15, 0.2) is 0 Å². The van der Waals surface area contributed by atoms with Gasteiger partial charge in [-0.1, -0.05) is 23.7 Å². The highest BCUT2D eigenvalue weighted by Gasteiger charge is 2.13. The minimum Gasteiger partial charge on any atom is -0.350 e. The van der Waals surface area contributed by atoms with E-state index in [0.29, 0.717) is 23.7 Å². The van der Waals surface area contributed by atoms with Gasteiger partial charge in [-0.15, -0.1) is 10.2 Å². The van der Waals surface area contributed by atoms with E-state index >= 15 is 0 Å². The second kappa shape index (κ2) is 6.84. The Morgan fingerprint density at radius 2 is 1.92 bits per heavy atom. The SMILES string of the molecule is Cc1nn(CCNC(=O)c2ccccc2-n2cnnc2)c(C)c1Cl. The number of nitrogens with one attached hydrogen (secondary N) is 1. The fourth-order valence-electron chi connectivity index (χ4n) is 2.48. The molecule has 24 heavy (non-hydrogen) atoms. The molecule has 1 aromatic carbocycles. The summed E-state index contributed by atoms with van der Waals surface area (Å²) in [5, 5.41) is 15.5. The van der Waals surface area contributed by atoms with Gasteiger partial charge < -0.3 is 5.32 Å². The quantitative estimate of drug-likeness (QED) is 0.769. The van der Waals surface area contributed by atoms with E-state index in [2.05, 4.69) is 20.6 Å². The smallest absolute Gasteiger partial charge is 0.253 e. The normalized spacial score (nSPS) is 10.8. The van der Waals surface area contributed by atoms with Crippen molar-refractivity contribution in [1.82, 2.24) is 29.9 Å². The van der Waals surface area contributed by atoms with Gasteiger partial charge in [-0.05, 0) is 26.0 Å². The van der Waals surface area contributed by atoms with Crippen LogP contribution in [0, 0.1) is 13.8 Å². The number of para-hydroxylation sites is 1. The molecule has 124 valence electrons. The Balaban J connectivity index is 1.69. The van der Waals surface area contributed by atoms with Crippen molar-refractivity contribution < 1.29 is 4.79 Å². The second-order valence-corrected chi connectivity index (χ2v) is 5.73. The number of carbonyl (C=O) groups is 1. The minimum atomic E-state index is -0.160. The van der Waals surface area contributed by atoms with Crippen LogP contribution in [0.5, 0.6) is 0 Å². The molecule has 8 heteroatoms. The first-order valence-corrected chi connectivity index (χ1v) is 7.87. The number of aromatic nitrogens is 5. The molecule has 0 atom stereocenters. The van der Waals surface area contributed by atoms with Crippen molar-refractivity contribution in [2.45, 2.75) is 20.4 Å².